The minimum absolute atomic E-state index is 0.0386. The number of hydrogen-bond acceptors (Lipinski definition) is 3. The van der Waals surface area contributed by atoms with Crippen LogP contribution in [-0.4, -0.2) is 9.97 Å². The van der Waals surface area contributed by atoms with E-state index < -0.39 is 0 Å². The first-order valence-electron chi connectivity index (χ1n) is 5.83. The first kappa shape index (κ1) is 11.7. The molecule has 88 valence electrons. The molecular formula is C14H17N3. The molecule has 1 aromatic carbocycles. The third kappa shape index (κ3) is 3.11. The van der Waals surface area contributed by atoms with Crippen LogP contribution in [-0.2, 0) is 6.42 Å². The predicted octanol–water partition coefficient (Wildman–Crippen LogP) is 2.42. The van der Waals surface area contributed by atoms with Gasteiger partial charge in [0.25, 0.3) is 0 Å². The Morgan fingerprint density at radius 2 is 2.06 bits per heavy atom. The molecule has 1 heterocycles. The molecule has 0 saturated heterocycles. The van der Waals surface area contributed by atoms with E-state index >= 15 is 0 Å². The van der Waals surface area contributed by atoms with Gasteiger partial charge in [0, 0.05) is 24.6 Å². The van der Waals surface area contributed by atoms with Gasteiger partial charge >= 0.3 is 0 Å². The van der Waals surface area contributed by atoms with Crippen molar-refractivity contribution in [1.82, 2.24) is 9.97 Å². The molecule has 0 aliphatic carbocycles. The Kier molecular flexibility index (Phi) is 3.83. The largest absolute Gasteiger partial charge is 0.323 e. The summed E-state index contributed by atoms with van der Waals surface area (Å²) in [7, 11) is 0. The van der Waals surface area contributed by atoms with Crippen molar-refractivity contribution < 1.29 is 0 Å². The number of nitrogens with two attached hydrogens (primary N) is 1. The molecule has 1 aromatic heterocycles. The second-order valence-corrected chi connectivity index (χ2v) is 4.20. The van der Waals surface area contributed by atoms with Gasteiger partial charge in [-0.05, 0) is 30.9 Å². The van der Waals surface area contributed by atoms with Gasteiger partial charge in [-0.25, -0.2) is 0 Å². The zero-order valence-corrected chi connectivity index (χ0v) is 10.0. The molecular weight excluding hydrogens is 210 g/mol. The highest BCUT2D eigenvalue weighted by atomic mass is 14.8. The summed E-state index contributed by atoms with van der Waals surface area (Å²) in [6.45, 7) is 2.13. The van der Waals surface area contributed by atoms with Crippen LogP contribution in [0.15, 0.2) is 42.9 Å². The highest BCUT2D eigenvalue weighted by molar-refractivity contribution is 5.25. The SMILES string of the molecule is Cc1ccccc1CCC(N)c1cnccn1. The third-order valence-electron chi connectivity index (χ3n) is 2.95. The Morgan fingerprint density at radius 3 is 2.76 bits per heavy atom. The van der Waals surface area contributed by atoms with Crippen LogP contribution in [0, 0.1) is 6.92 Å². The molecule has 3 heteroatoms. The van der Waals surface area contributed by atoms with Crippen molar-refractivity contribution in [1.29, 1.82) is 0 Å². The molecule has 0 fully saturated rings. The van der Waals surface area contributed by atoms with Crippen LogP contribution in [0.3, 0.4) is 0 Å². The van der Waals surface area contributed by atoms with Gasteiger partial charge in [-0.2, -0.15) is 0 Å². The van der Waals surface area contributed by atoms with Crippen LogP contribution in [0.2, 0.25) is 0 Å². The molecule has 0 spiro atoms. The quantitative estimate of drug-likeness (QED) is 0.872. The maximum atomic E-state index is 6.09. The van der Waals surface area contributed by atoms with Crippen molar-refractivity contribution in [3.8, 4) is 0 Å². The lowest BCUT2D eigenvalue weighted by Crippen LogP contribution is -2.13. The fourth-order valence-corrected chi connectivity index (χ4v) is 1.85. The number of benzene rings is 1. The van der Waals surface area contributed by atoms with E-state index in [1.165, 1.54) is 11.1 Å². The standard InChI is InChI=1S/C14H17N3/c1-11-4-2-3-5-12(11)6-7-13(15)14-10-16-8-9-17-14/h2-5,8-10,13H,6-7,15H2,1H3. The molecule has 2 aromatic rings. The molecule has 0 radical (unpaired) electrons. The van der Waals surface area contributed by atoms with Gasteiger partial charge in [-0.3, -0.25) is 9.97 Å². The predicted molar refractivity (Wildman–Crippen MR) is 68.5 cm³/mol. The molecule has 0 amide bonds. The molecule has 3 nitrogen and oxygen atoms in total. The number of nitrogens with zero attached hydrogens (tertiary/aromatic N) is 2. The summed E-state index contributed by atoms with van der Waals surface area (Å²) in [4.78, 5) is 8.26. The highest BCUT2D eigenvalue weighted by Crippen LogP contribution is 2.16. The molecule has 0 saturated carbocycles. The molecule has 1 atom stereocenters. The van der Waals surface area contributed by atoms with Gasteiger partial charge in [0.2, 0.25) is 0 Å². The minimum atomic E-state index is -0.0386. The van der Waals surface area contributed by atoms with Crippen LogP contribution in [0.1, 0.15) is 29.3 Å². The normalized spacial score (nSPS) is 12.4. The van der Waals surface area contributed by atoms with Crippen molar-refractivity contribution >= 4 is 0 Å². The van der Waals surface area contributed by atoms with Gasteiger partial charge in [0.05, 0.1) is 5.69 Å². The summed E-state index contributed by atoms with van der Waals surface area (Å²) in [6, 6.07) is 8.36. The Bertz CT molecular complexity index is 468. The van der Waals surface area contributed by atoms with Crippen LogP contribution in [0.5, 0.6) is 0 Å². The van der Waals surface area contributed by atoms with E-state index in [1.54, 1.807) is 18.6 Å². The zero-order chi connectivity index (χ0) is 12.1. The minimum Gasteiger partial charge on any atom is -0.323 e. The van der Waals surface area contributed by atoms with Crippen LogP contribution >= 0.6 is 0 Å². The Labute approximate surface area is 102 Å². The molecule has 0 bridgehead atoms. The van der Waals surface area contributed by atoms with Crippen molar-refractivity contribution in [3.63, 3.8) is 0 Å². The number of aromatic nitrogens is 2. The molecule has 17 heavy (non-hydrogen) atoms. The molecule has 0 aliphatic rings. The molecule has 2 N–H and O–H groups in total. The summed E-state index contributed by atoms with van der Waals surface area (Å²) < 4.78 is 0. The maximum Gasteiger partial charge on any atom is 0.0753 e. The van der Waals surface area contributed by atoms with E-state index in [1.807, 2.05) is 0 Å². The van der Waals surface area contributed by atoms with Crippen molar-refractivity contribution in [2.24, 2.45) is 5.73 Å². The lowest BCUT2D eigenvalue weighted by molar-refractivity contribution is 0.629. The average molecular weight is 227 g/mol. The number of hydrogen-bond donors (Lipinski definition) is 1. The number of rotatable bonds is 4. The summed E-state index contributed by atoms with van der Waals surface area (Å²) >= 11 is 0. The summed E-state index contributed by atoms with van der Waals surface area (Å²) in [6.07, 6.45) is 6.96. The van der Waals surface area contributed by atoms with Crippen molar-refractivity contribution in [2.45, 2.75) is 25.8 Å². The van der Waals surface area contributed by atoms with Crippen LogP contribution in [0.4, 0.5) is 0 Å². The Balaban J connectivity index is 1.97. The Morgan fingerprint density at radius 1 is 1.24 bits per heavy atom. The van der Waals surface area contributed by atoms with E-state index in [0.29, 0.717) is 0 Å². The van der Waals surface area contributed by atoms with Gasteiger partial charge in [0.1, 0.15) is 0 Å². The van der Waals surface area contributed by atoms with Gasteiger partial charge in [-0.15, -0.1) is 0 Å². The van der Waals surface area contributed by atoms with Crippen LogP contribution in [0.25, 0.3) is 0 Å². The monoisotopic (exact) mass is 227 g/mol. The van der Waals surface area contributed by atoms with E-state index in [9.17, 15) is 0 Å². The van der Waals surface area contributed by atoms with Crippen LogP contribution < -0.4 is 5.73 Å². The summed E-state index contributed by atoms with van der Waals surface area (Å²) in [5.41, 5.74) is 9.62. The Hall–Kier alpha value is -1.74. The smallest absolute Gasteiger partial charge is 0.0753 e. The van der Waals surface area contributed by atoms with E-state index in [4.69, 9.17) is 5.73 Å². The maximum absolute atomic E-state index is 6.09. The first-order valence-corrected chi connectivity index (χ1v) is 5.83. The average Bonchev–Trinajstić information content (AvgIpc) is 2.38. The van der Waals surface area contributed by atoms with Gasteiger partial charge in [0.15, 0.2) is 0 Å². The van der Waals surface area contributed by atoms with Crippen molar-refractivity contribution in [3.05, 3.63) is 59.7 Å². The lowest BCUT2D eigenvalue weighted by atomic mass is 10.0. The van der Waals surface area contributed by atoms with Crippen molar-refractivity contribution in [2.75, 3.05) is 0 Å². The van der Waals surface area contributed by atoms with Gasteiger partial charge in [-0.1, -0.05) is 24.3 Å². The fraction of sp³-hybridized carbons (Fsp3) is 0.286. The highest BCUT2D eigenvalue weighted by Gasteiger charge is 2.08. The summed E-state index contributed by atoms with van der Waals surface area (Å²) in [5, 5.41) is 0. The molecule has 2 rings (SSSR count). The molecule has 0 aliphatic heterocycles. The summed E-state index contributed by atoms with van der Waals surface area (Å²) in [5.74, 6) is 0. The fourth-order valence-electron chi connectivity index (χ4n) is 1.85. The lowest BCUT2D eigenvalue weighted by Gasteiger charge is -2.11. The van der Waals surface area contributed by atoms with E-state index in [2.05, 4.69) is 41.2 Å². The molecule has 1 unspecified atom stereocenters. The number of aryl methyl sites for hydroxylation is 2. The second kappa shape index (κ2) is 5.55. The zero-order valence-electron chi connectivity index (χ0n) is 10.0. The topological polar surface area (TPSA) is 51.8 Å². The third-order valence-corrected chi connectivity index (χ3v) is 2.95. The van der Waals surface area contributed by atoms with Gasteiger partial charge < -0.3 is 5.73 Å². The first-order chi connectivity index (χ1) is 8.27. The van der Waals surface area contributed by atoms with E-state index in [0.717, 1.165) is 18.5 Å². The van der Waals surface area contributed by atoms with E-state index in [-0.39, 0.29) is 6.04 Å². The second-order valence-electron chi connectivity index (χ2n) is 4.20.